The molecule has 0 amide bonds. The topological polar surface area (TPSA) is 21.3 Å². The lowest BCUT2D eigenvalue weighted by atomic mass is 10.0. The molecule has 112 valence electrons. The van der Waals surface area contributed by atoms with Crippen LogP contribution in [0.25, 0.3) is 0 Å². The van der Waals surface area contributed by atoms with Gasteiger partial charge in [-0.1, -0.05) is 42.8 Å². The number of halogens is 1. The Morgan fingerprint density at radius 1 is 1.00 bits per heavy atom. The van der Waals surface area contributed by atoms with Crippen molar-refractivity contribution in [3.05, 3.63) is 64.7 Å². The van der Waals surface area contributed by atoms with Crippen LogP contribution in [0.3, 0.4) is 0 Å². The number of hydrogen-bond acceptors (Lipinski definition) is 2. The Balaban J connectivity index is 2.08. The molecule has 0 heterocycles. The summed E-state index contributed by atoms with van der Waals surface area (Å²) in [4.78, 5) is 0. The van der Waals surface area contributed by atoms with Crippen molar-refractivity contribution < 1.29 is 4.74 Å². The first kappa shape index (κ1) is 15.9. The highest BCUT2D eigenvalue weighted by Crippen LogP contribution is 2.24. The van der Waals surface area contributed by atoms with E-state index in [2.05, 4.69) is 43.4 Å². The third-order valence-corrected chi connectivity index (χ3v) is 4.00. The second-order valence-corrected chi connectivity index (χ2v) is 5.61. The normalized spacial score (nSPS) is 13.7. The predicted molar refractivity (Wildman–Crippen MR) is 89.0 cm³/mol. The van der Waals surface area contributed by atoms with Crippen molar-refractivity contribution >= 4 is 11.6 Å². The Kier molecular flexibility index (Phi) is 5.66. The van der Waals surface area contributed by atoms with Crippen molar-refractivity contribution in [3.63, 3.8) is 0 Å². The number of ether oxygens (including phenoxy) is 1. The van der Waals surface area contributed by atoms with Gasteiger partial charge in [-0.15, -0.1) is 0 Å². The van der Waals surface area contributed by atoms with Crippen LogP contribution in [0.4, 0.5) is 0 Å². The smallest absolute Gasteiger partial charge is 0.118 e. The molecule has 0 bridgehead atoms. The molecule has 2 aromatic rings. The van der Waals surface area contributed by atoms with Gasteiger partial charge in [0.2, 0.25) is 0 Å². The van der Waals surface area contributed by atoms with E-state index < -0.39 is 0 Å². The zero-order valence-corrected chi connectivity index (χ0v) is 13.5. The van der Waals surface area contributed by atoms with Crippen LogP contribution in [0.2, 0.25) is 5.02 Å². The molecular weight excluding hydrogens is 282 g/mol. The fourth-order valence-electron chi connectivity index (χ4n) is 2.44. The fourth-order valence-corrected chi connectivity index (χ4v) is 2.56. The summed E-state index contributed by atoms with van der Waals surface area (Å²) in [5, 5.41) is 4.44. The average molecular weight is 304 g/mol. The molecule has 0 saturated heterocycles. The van der Waals surface area contributed by atoms with Crippen molar-refractivity contribution in [3.8, 4) is 5.75 Å². The van der Waals surface area contributed by atoms with Crippen molar-refractivity contribution in [2.24, 2.45) is 0 Å². The highest BCUT2D eigenvalue weighted by atomic mass is 35.5. The van der Waals surface area contributed by atoms with E-state index in [4.69, 9.17) is 16.3 Å². The summed E-state index contributed by atoms with van der Waals surface area (Å²) in [5.74, 6) is 0.888. The van der Waals surface area contributed by atoms with Crippen LogP contribution in [0.1, 0.15) is 43.5 Å². The molecule has 1 unspecified atom stereocenters. The van der Waals surface area contributed by atoms with Gasteiger partial charge in [0.15, 0.2) is 0 Å². The summed E-state index contributed by atoms with van der Waals surface area (Å²) in [7, 11) is 1.69. The highest BCUT2D eigenvalue weighted by Gasteiger charge is 2.13. The van der Waals surface area contributed by atoms with E-state index >= 15 is 0 Å². The van der Waals surface area contributed by atoms with Gasteiger partial charge in [-0.3, -0.25) is 0 Å². The zero-order valence-electron chi connectivity index (χ0n) is 12.8. The Morgan fingerprint density at radius 2 is 1.57 bits per heavy atom. The van der Waals surface area contributed by atoms with E-state index in [1.807, 2.05) is 24.3 Å². The molecule has 3 heteroatoms. The van der Waals surface area contributed by atoms with E-state index in [1.165, 1.54) is 11.1 Å². The number of benzene rings is 2. The van der Waals surface area contributed by atoms with Crippen LogP contribution in [-0.2, 0) is 0 Å². The van der Waals surface area contributed by atoms with Crippen molar-refractivity contribution in [2.75, 3.05) is 7.11 Å². The van der Waals surface area contributed by atoms with Gasteiger partial charge in [0, 0.05) is 17.1 Å². The Hall–Kier alpha value is -1.51. The maximum atomic E-state index is 5.94. The van der Waals surface area contributed by atoms with Gasteiger partial charge in [-0.05, 0) is 48.7 Å². The first-order valence-electron chi connectivity index (χ1n) is 7.29. The van der Waals surface area contributed by atoms with Crippen LogP contribution < -0.4 is 10.1 Å². The van der Waals surface area contributed by atoms with Gasteiger partial charge in [0.1, 0.15) is 5.75 Å². The van der Waals surface area contributed by atoms with E-state index in [0.29, 0.717) is 6.04 Å². The standard InChI is InChI=1S/C18H22ClNO/c1-4-18(15-7-11-17(21-3)12-8-15)20-13(2)14-5-9-16(19)10-6-14/h5-13,18,20H,4H2,1-3H3/t13-,18?/m1/s1. The highest BCUT2D eigenvalue weighted by molar-refractivity contribution is 6.30. The molecule has 0 aliphatic carbocycles. The average Bonchev–Trinajstić information content (AvgIpc) is 2.53. The summed E-state index contributed by atoms with van der Waals surface area (Å²) < 4.78 is 5.21. The minimum Gasteiger partial charge on any atom is -0.497 e. The van der Waals surface area contributed by atoms with E-state index in [9.17, 15) is 0 Å². The molecule has 2 rings (SSSR count). The maximum Gasteiger partial charge on any atom is 0.118 e. The van der Waals surface area contributed by atoms with Crippen molar-refractivity contribution in [1.82, 2.24) is 5.32 Å². The van der Waals surface area contributed by atoms with Gasteiger partial charge in [-0.2, -0.15) is 0 Å². The third kappa shape index (κ3) is 4.23. The quantitative estimate of drug-likeness (QED) is 0.796. The first-order valence-corrected chi connectivity index (χ1v) is 7.67. The molecule has 0 spiro atoms. The van der Waals surface area contributed by atoms with Crippen LogP contribution in [-0.4, -0.2) is 7.11 Å². The number of rotatable bonds is 6. The van der Waals surface area contributed by atoms with Crippen molar-refractivity contribution in [2.45, 2.75) is 32.4 Å². The van der Waals surface area contributed by atoms with Crippen LogP contribution in [0.15, 0.2) is 48.5 Å². The summed E-state index contributed by atoms with van der Waals surface area (Å²) >= 11 is 5.94. The second-order valence-electron chi connectivity index (χ2n) is 5.17. The minimum atomic E-state index is 0.273. The van der Waals surface area contributed by atoms with Crippen LogP contribution in [0.5, 0.6) is 5.75 Å². The lowest BCUT2D eigenvalue weighted by Crippen LogP contribution is -2.24. The van der Waals surface area contributed by atoms with Gasteiger partial charge < -0.3 is 10.1 Å². The third-order valence-electron chi connectivity index (χ3n) is 3.75. The number of nitrogens with one attached hydrogen (secondary N) is 1. The Labute approximate surface area is 132 Å². The maximum absolute atomic E-state index is 5.94. The predicted octanol–water partition coefficient (Wildman–Crippen LogP) is 5.15. The molecule has 21 heavy (non-hydrogen) atoms. The summed E-state index contributed by atoms with van der Waals surface area (Å²) in [6, 6.07) is 16.9. The fraction of sp³-hybridized carbons (Fsp3) is 0.333. The van der Waals surface area contributed by atoms with Crippen LogP contribution in [0, 0.1) is 0 Å². The van der Waals surface area contributed by atoms with E-state index in [1.54, 1.807) is 7.11 Å². The summed E-state index contributed by atoms with van der Waals surface area (Å²) in [6.45, 7) is 4.37. The molecule has 2 aromatic carbocycles. The molecule has 0 aliphatic rings. The second kappa shape index (κ2) is 7.48. The molecule has 0 aliphatic heterocycles. The molecule has 0 saturated carbocycles. The molecule has 0 aromatic heterocycles. The summed E-state index contributed by atoms with van der Waals surface area (Å²) in [6.07, 6.45) is 1.03. The zero-order chi connectivity index (χ0) is 15.2. The van der Waals surface area contributed by atoms with Gasteiger partial charge in [-0.25, -0.2) is 0 Å². The molecule has 0 fully saturated rings. The van der Waals surface area contributed by atoms with Gasteiger partial charge in [0.05, 0.1) is 7.11 Å². The molecule has 2 atom stereocenters. The summed E-state index contributed by atoms with van der Waals surface area (Å²) in [5.41, 5.74) is 2.52. The van der Waals surface area contributed by atoms with Gasteiger partial charge >= 0.3 is 0 Å². The Morgan fingerprint density at radius 3 is 2.10 bits per heavy atom. The first-order chi connectivity index (χ1) is 10.1. The molecular formula is C18H22ClNO. The monoisotopic (exact) mass is 303 g/mol. The molecule has 2 nitrogen and oxygen atoms in total. The van der Waals surface area contributed by atoms with E-state index in [-0.39, 0.29) is 6.04 Å². The minimum absolute atomic E-state index is 0.273. The number of hydrogen-bond donors (Lipinski definition) is 1. The SMILES string of the molecule is CCC(N[C@H](C)c1ccc(Cl)cc1)c1ccc(OC)cc1. The lowest BCUT2D eigenvalue weighted by molar-refractivity contribution is 0.413. The van der Waals surface area contributed by atoms with Gasteiger partial charge in [0.25, 0.3) is 0 Å². The van der Waals surface area contributed by atoms with Crippen molar-refractivity contribution in [1.29, 1.82) is 0 Å². The largest absolute Gasteiger partial charge is 0.497 e. The van der Waals surface area contributed by atoms with E-state index in [0.717, 1.165) is 17.2 Å². The Bertz CT molecular complexity index is 550. The molecule has 1 N–H and O–H groups in total. The molecule has 0 radical (unpaired) electrons. The lowest BCUT2D eigenvalue weighted by Gasteiger charge is -2.23. The van der Waals surface area contributed by atoms with Crippen LogP contribution >= 0.6 is 11.6 Å². The number of methoxy groups -OCH3 is 1.